The van der Waals surface area contributed by atoms with Crippen LogP contribution in [-0.4, -0.2) is 14.4 Å². The maximum atomic E-state index is 6.10. The molecule has 6 heteroatoms. The SMILES string of the molecule is Nc1c(-c2cncc(Br)c2)nc2c(Cl)cccn12. The van der Waals surface area contributed by atoms with Crippen LogP contribution in [0.5, 0.6) is 0 Å². The Bertz CT molecular complexity index is 738. The van der Waals surface area contributed by atoms with Crippen LogP contribution in [0, 0.1) is 0 Å². The molecule has 0 aliphatic rings. The number of anilines is 1. The first-order chi connectivity index (χ1) is 8.66. The smallest absolute Gasteiger partial charge is 0.157 e. The lowest BCUT2D eigenvalue weighted by atomic mass is 10.2. The van der Waals surface area contributed by atoms with E-state index in [1.165, 1.54) is 0 Å². The predicted octanol–water partition coefficient (Wildman–Crippen LogP) is 3.39. The van der Waals surface area contributed by atoms with Crippen LogP contribution in [0.1, 0.15) is 0 Å². The molecule has 3 aromatic rings. The maximum absolute atomic E-state index is 6.10. The molecule has 0 aliphatic heterocycles. The van der Waals surface area contributed by atoms with Gasteiger partial charge in [-0.3, -0.25) is 9.38 Å². The van der Waals surface area contributed by atoms with Crippen molar-refractivity contribution in [1.82, 2.24) is 14.4 Å². The van der Waals surface area contributed by atoms with Gasteiger partial charge >= 0.3 is 0 Å². The number of fused-ring (bicyclic) bond motifs is 1. The predicted molar refractivity (Wildman–Crippen MR) is 75.5 cm³/mol. The Balaban J connectivity index is 2.30. The van der Waals surface area contributed by atoms with E-state index in [2.05, 4.69) is 25.9 Å². The summed E-state index contributed by atoms with van der Waals surface area (Å²) in [6.45, 7) is 0. The van der Waals surface area contributed by atoms with Gasteiger partial charge in [0.25, 0.3) is 0 Å². The lowest BCUT2D eigenvalue weighted by Crippen LogP contribution is -1.94. The molecule has 2 N–H and O–H groups in total. The van der Waals surface area contributed by atoms with Crippen molar-refractivity contribution in [2.24, 2.45) is 0 Å². The first-order valence-corrected chi connectivity index (χ1v) is 6.37. The molecule has 0 spiro atoms. The Kier molecular flexibility index (Phi) is 2.72. The molecular weight excluding hydrogens is 316 g/mol. The topological polar surface area (TPSA) is 56.2 Å². The Labute approximate surface area is 117 Å². The summed E-state index contributed by atoms with van der Waals surface area (Å²) in [6, 6.07) is 5.53. The number of hydrogen-bond donors (Lipinski definition) is 1. The standard InChI is InChI=1S/C12H8BrClN4/c13-8-4-7(5-16-6-8)10-11(15)18-3-1-2-9(14)12(18)17-10/h1-6H,15H2. The monoisotopic (exact) mass is 322 g/mol. The molecule has 3 aromatic heterocycles. The summed E-state index contributed by atoms with van der Waals surface area (Å²) < 4.78 is 2.64. The highest BCUT2D eigenvalue weighted by molar-refractivity contribution is 9.10. The molecule has 0 saturated carbocycles. The van der Waals surface area contributed by atoms with E-state index in [1.54, 1.807) is 22.9 Å². The number of aromatic nitrogens is 3. The van der Waals surface area contributed by atoms with Gasteiger partial charge in [0.15, 0.2) is 5.65 Å². The Morgan fingerprint density at radius 2 is 2.17 bits per heavy atom. The summed E-state index contributed by atoms with van der Waals surface area (Å²) in [7, 11) is 0. The van der Waals surface area contributed by atoms with Gasteiger partial charge in [0.1, 0.15) is 11.5 Å². The lowest BCUT2D eigenvalue weighted by molar-refractivity contribution is 1.20. The molecule has 4 nitrogen and oxygen atoms in total. The van der Waals surface area contributed by atoms with E-state index in [4.69, 9.17) is 17.3 Å². The summed E-state index contributed by atoms with van der Waals surface area (Å²) >= 11 is 9.48. The third-order valence-corrected chi connectivity index (χ3v) is 3.35. The highest BCUT2D eigenvalue weighted by Gasteiger charge is 2.13. The van der Waals surface area contributed by atoms with Gasteiger partial charge in [-0.15, -0.1) is 0 Å². The van der Waals surface area contributed by atoms with Crippen molar-refractivity contribution in [3.8, 4) is 11.3 Å². The van der Waals surface area contributed by atoms with E-state index in [0.717, 1.165) is 10.0 Å². The molecule has 3 rings (SSSR count). The number of nitrogens with two attached hydrogens (primary N) is 1. The largest absolute Gasteiger partial charge is 0.383 e. The quantitative estimate of drug-likeness (QED) is 0.747. The van der Waals surface area contributed by atoms with Crippen molar-refractivity contribution in [3.63, 3.8) is 0 Å². The molecule has 0 saturated heterocycles. The number of nitrogens with zero attached hydrogens (tertiary/aromatic N) is 3. The Morgan fingerprint density at radius 1 is 1.33 bits per heavy atom. The van der Waals surface area contributed by atoms with Crippen LogP contribution in [0.15, 0.2) is 41.3 Å². The van der Waals surface area contributed by atoms with E-state index in [-0.39, 0.29) is 0 Å². The first kappa shape index (κ1) is 11.5. The fraction of sp³-hybridized carbons (Fsp3) is 0. The molecular formula is C12H8BrClN4. The van der Waals surface area contributed by atoms with Crippen LogP contribution in [-0.2, 0) is 0 Å². The molecule has 0 bridgehead atoms. The van der Waals surface area contributed by atoms with Crippen molar-refractivity contribution in [3.05, 3.63) is 46.3 Å². The molecule has 18 heavy (non-hydrogen) atoms. The summed E-state index contributed by atoms with van der Waals surface area (Å²) in [5, 5.41) is 0.568. The van der Waals surface area contributed by atoms with Gasteiger partial charge in [0.2, 0.25) is 0 Å². The molecule has 0 aromatic carbocycles. The maximum Gasteiger partial charge on any atom is 0.157 e. The summed E-state index contributed by atoms with van der Waals surface area (Å²) in [5.74, 6) is 0.549. The zero-order chi connectivity index (χ0) is 12.7. The first-order valence-electron chi connectivity index (χ1n) is 5.20. The average molecular weight is 324 g/mol. The van der Waals surface area contributed by atoms with E-state index < -0.39 is 0 Å². The minimum Gasteiger partial charge on any atom is -0.383 e. The summed E-state index contributed by atoms with van der Waals surface area (Å²) in [4.78, 5) is 8.58. The van der Waals surface area contributed by atoms with Crippen LogP contribution in [0.2, 0.25) is 5.02 Å². The third kappa shape index (κ3) is 1.76. The number of halogens is 2. The normalized spacial score (nSPS) is 11.0. The van der Waals surface area contributed by atoms with Gasteiger partial charge < -0.3 is 5.73 Å². The van der Waals surface area contributed by atoms with Crippen LogP contribution < -0.4 is 5.73 Å². The van der Waals surface area contributed by atoms with E-state index in [0.29, 0.717) is 22.2 Å². The lowest BCUT2D eigenvalue weighted by Gasteiger charge is -1.99. The van der Waals surface area contributed by atoms with Crippen molar-refractivity contribution in [2.45, 2.75) is 0 Å². The fourth-order valence-corrected chi connectivity index (χ4v) is 2.38. The highest BCUT2D eigenvalue weighted by Crippen LogP contribution is 2.29. The van der Waals surface area contributed by atoms with E-state index in [9.17, 15) is 0 Å². The molecule has 0 radical (unpaired) electrons. The number of nitrogen functional groups attached to an aromatic ring is 1. The van der Waals surface area contributed by atoms with Gasteiger partial charge in [0.05, 0.1) is 5.02 Å². The number of pyridine rings is 2. The molecule has 0 amide bonds. The van der Waals surface area contributed by atoms with Gasteiger partial charge in [-0.2, -0.15) is 0 Å². The van der Waals surface area contributed by atoms with Crippen LogP contribution in [0.25, 0.3) is 16.9 Å². The summed E-state index contributed by atoms with van der Waals surface area (Å²) in [5.41, 5.74) is 8.26. The van der Waals surface area contributed by atoms with Crippen LogP contribution >= 0.6 is 27.5 Å². The van der Waals surface area contributed by atoms with Crippen molar-refractivity contribution in [2.75, 3.05) is 5.73 Å². The molecule has 0 fully saturated rings. The second-order valence-electron chi connectivity index (χ2n) is 3.79. The van der Waals surface area contributed by atoms with Crippen molar-refractivity contribution in [1.29, 1.82) is 0 Å². The zero-order valence-corrected chi connectivity index (χ0v) is 11.5. The molecule has 0 atom stereocenters. The Hall–Kier alpha value is -1.59. The molecule has 0 aliphatic carbocycles. The van der Waals surface area contributed by atoms with Gasteiger partial charge in [-0.05, 0) is 34.1 Å². The minimum atomic E-state index is 0.549. The van der Waals surface area contributed by atoms with Crippen molar-refractivity contribution >= 4 is 39.0 Å². The van der Waals surface area contributed by atoms with Gasteiger partial charge in [0, 0.05) is 28.6 Å². The third-order valence-electron chi connectivity index (χ3n) is 2.62. The second-order valence-corrected chi connectivity index (χ2v) is 5.11. The van der Waals surface area contributed by atoms with Crippen LogP contribution in [0.4, 0.5) is 5.82 Å². The number of hydrogen-bond acceptors (Lipinski definition) is 3. The van der Waals surface area contributed by atoms with Gasteiger partial charge in [-0.25, -0.2) is 4.98 Å². The van der Waals surface area contributed by atoms with E-state index in [1.807, 2.05) is 18.3 Å². The molecule has 3 heterocycles. The fourth-order valence-electron chi connectivity index (χ4n) is 1.81. The number of imidazole rings is 1. The second kappa shape index (κ2) is 4.26. The minimum absolute atomic E-state index is 0.549. The Morgan fingerprint density at radius 3 is 2.89 bits per heavy atom. The molecule has 90 valence electrons. The average Bonchev–Trinajstić information content (AvgIpc) is 2.69. The molecule has 0 unspecified atom stereocenters. The van der Waals surface area contributed by atoms with Gasteiger partial charge in [-0.1, -0.05) is 11.6 Å². The zero-order valence-electron chi connectivity index (χ0n) is 9.14. The number of rotatable bonds is 1. The summed E-state index contributed by atoms with van der Waals surface area (Å²) in [6.07, 6.45) is 5.26. The van der Waals surface area contributed by atoms with E-state index >= 15 is 0 Å². The van der Waals surface area contributed by atoms with Crippen molar-refractivity contribution < 1.29 is 0 Å². The highest BCUT2D eigenvalue weighted by atomic mass is 79.9. The van der Waals surface area contributed by atoms with Crippen LogP contribution in [0.3, 0.4) is 0 Å².